The fraction of sp³-hybridized carbons (Fsp3) is 0.231. The Kier molecular flexibility index (Phi) is 4.35. The average molecular weight is 278 g/mol. The van der Waals surface area contributed by atoms with Crippen LogP contribution < -0.4 is 10.1 Å². The predicted molar refractivity (Wildman–Crippen MR) is 73.8 cm³/mol. The molecule has 0 saturated heterocycles. The van der Waals surface area contributed by atoms with Crippen LogP contribution in [0.15, 0.2) is 29.8 Å². The van der Waals surface area contributed by atoms with Crippen molar-refractivity contribution in [2.45, 2.75) is 6.54 Å². The minimum absolute atomic E-state index is 0.320. The number of anilines is 1. The molecule has 0 atom stereocenters. The summed E-state index contributed by atoms with van der Waals surface area (Å²) in [6.45, 7) is 0.607. The first-order valence-electron chi connectivity index (χ1n) is 5.63. The summed E-state index contributed by atoms with van der Waals surface area (Å²) in [5.74, 6) is 0.385. The number of ether oxygens (including phenoxy) is 2. The fourth-order valence-corrected chi connectivity index (χ4v) is 2.21. The second-order valence-corrected chi connectivity index (χ2v) is 4.58. The molecule has 1 aromatic heterocycles. The summed E-state index contributed by atoms with van der Waals surface area (Å²) in [6, 6.07) is 7.71. The quantitative estimate of drug-likeness (QED) is 0.852. The van der Waals surface area contributed by atoms with Crippen LogP contribution >= 0.6 is 11.3 Å². The molecule has 0 radical (unpaired) electrons. The maximum absolute atomic E-state index is 11.5. The van der Waals surface area contributed by atoms with Crippen molar-refractivity contribution in [2.24, 2.45) is 0 Å². The molecule has 0 saturated carbocycles. The van der Waals surface area contributed by atoms with Gasteiger partial charge in [0.15, 0.2) is 5.69 Å². The number of methoxy groups -OCH3 is 2. The molecule has 0 spiro atoms. The van der Waals surface area contributed by atoms with Crippen LogP contribution in [-0.2, 0) is 11.3 Å². The number of thiazole rings is 1. The number of hydrogen-bond acceptors (Lipinski definition) is 6. The minimum atomic E-state index is -0.432. The van der Waals surface area contributed by atoms with Gasteiger partial charge in [0.2, 0.25) is 0 Å². The van der Waals surface area contributed by atoms with Gasteiger partial charge in [-0.2, -0.15) is 0 Å². The average Bonchev–Trinajstić information content (AvgIpc) is 2.93. The van der Waals surface area contributed by atoms with Crippen LogP contribution in [0.1, 0.15) is 16.1 Å². The topological polar surface area (TPSA) is 60.5 Å². The monoisotopic (exact) mass is 278 g/mol. The largest absolute Gasteiger partial charge is 0.497 e. The van der Waals surface area contributed by atoms with E-state index in [0.717, 1.165) is 11.3 Å². The normalized spacial score (nSPS) is 10.0. The number of aromatic nitrogens is 1. The Labute approximate surface area is 115 Å². The number of hydrogen-bond donors (Lipinski definition) is 1. The summed E-state index contributed by atoms with van der Waals surface area (Å²) >= 11 is 1.37. The number of nitrogens with one attached hydrogen (secondary N) is 1. The number of carbonyl (C=O) groups is 1. The smallest absolute Gasteiger partial charge is 0.359 e. The van der Waals surface area contributed by atoms with Crippen molar-refractivity contribution in [1.29, 1.82) is 0 Å². The van der Waals surface area contributed by atoms with E-state index < -0.39 is 5.97 Å². The van der Waals surface area contributed by atoms with E-state index in [0.29, 0.717) is 17.2 Å². The molecule has 0 amide bonds. The van der Waals surface area contributed by atoms with Gasteiger partial charge in [-0.05, 0) is 17.7 Å². The summed E-state index contributed by atoms with van der Waals surface area (Å²) in [6.07, 6.45) is 0. The van der Waals surface area contributed by atoms with Crippen molar-refractivity contribution in [3.8, 4) is 5.75 Å². The van der Waals surface area contributed by atoms with Crippen molar-refractivity contribution in [2.75, 3.05) is 19.5 Å². The van der Waals surface area contributed by atoms with Crippen molar-refractivity contribution >= 4 is 22.3 Å². The molecular weight excluding hydrogens is 264 g/mol. The maximum atomic E-state index is 11.5. The molecule has 0 bridgehead atoms. The predicted octanol–water partition coefficient (Wildman–Crippen LogP) is 2.55. The Hall–Kier alpha value is -2.08. The number of nitrogens with zero attached hydrogens (tertiary/aromatic N) is 1. The van der Waals surface area contributed by atoms with Crippen LogP contribution in [0.3, 0.4) is 0 Å². The second kappa shape index (κ2) is 6.19. The van der Waals surface area contributed by atoms with Gasteiger partial charge < -0.3 is 14.8 Å². The van der Waals surface area contributed by atoms with Gasteiger partial charge in [-0.3, -0.25) is 0 Å². The zero-order valence-electron chi connectivity index (χ0n) is 10.7. The summed E-state index contributed by atoms with van der Waals surface area (Å²) < 4.78 is 9.76. The molecule has 0 aliphatic rings. The van der Waals surface area contributed by atoms with Crippen LogP contribution in [-0.4, -0.2) is 25.2 Å². The third-order valence-corrected chi connectivity index (χ3v) is 3.34. The molecule has 2 aromatic rings. The lowest BCUT2D eigenvalue weighted by Crippen LogP contribution is -2.07. The molecule has 100 valence electrons. The van der Waals surface area contributed by atoms with E-state index in [1.807, 2.05) is 24.3 Å². The van der Waals surface area contributed by atoms with Crippen molar-refractivity contribution < 1.29 is 14.3 Å². The van der Waals surface area contributed by atoms with Gasteiger partial charge in [0.25, 0.3) is 0 Å². The SMILES string of the molecule is COC(=O)c1ncsc1NCc1ccc(OC)cc1. The first-order valence-corrected chi connectivity index (χ1v) is 6.51. The Bertz CT molecular complexity index is 551. The highest BCUT2D eigenvalue weighted by Crippen LogP contribution is 2.22. The number of esters is 1. The van der Waals surface area contributed by atoms with E-state index in [-0.39, 0.29) is 0 Å². The van der Waals surface area contributed by atoms with Gasteiger partial charge in [0.1, 0.15) is 10.8 Å². The third kappa shape index (κ3) is 3.23. The highest BCUT2D eigenvalue weighted by molar-refractivity contribution is 7.14. The van der Waals surface area contributed by atoms with Crippen LogP contribution in [0, 0.1) is 0 Å². The molecule has 0 fully saturated rings. The van der Waals surface area contributed by atoms with E-state index in [2.05, 4.69) is 15.0 Å². The van der Waals surface area contributed by atoms with Crippen molar-refractivity contribution in [3.05, 3.63) is 41.0 Å². The summed E-state index contributed by atoms with van der Waals surface area (Å²) in [5.41, 5.74) is 3.02. The summed E-state index contributed by atoms with van der Waals surface area (Å²) in [7, 11) is 2.97. The van der Waals surface area contributed by atoms with E-state index in [1.165, 1.54) is 18.4 Å². The second-order valence-electron chi connectivity index (χ2n) is 3.72. The summed E-state index contributed by atoms with van der Waals surface area (Å²) in [5, 5.41) is 3.89. The minimum Gasteiger partial charge on any atom is -0.497 e. The lowest BCUT2D eigenvalue weighted by atomic mass is 10.2. The van der Waals surface area contributed by atoms with Gasteiger partial charge in [0.05, 0.1) is 19.7 Å². The van der Waals surface area contributed by atoms with Gasteiger partial charge in [-0.1, -0.05) is 12.1 Å². The molecule has 1 aromatic carbocycles. The van der Waals surface area contributed by atoms with Crippen molar-refractivity contribution in [1.82, 2.24) is 4.98 Å². The van der Waals surface area contributed by atoms with Crippen LogP contribution in [0.4, 0.5) is 5.00 Å². The molecule has 0 unspecified atom stereocenters. The molecule has 0 aliphatic heterocycles. The lowest BCUT2D eigenvalue weighted by molar-refractivity contribution is 0.0596. The van der Waals surface area contributed by atoms with Gasteiger partial charge >= 0.3 is 5.97 Å². The Morgan fingerprint density at radius 3 is 2.68 bits per heavy atom. The van der Waals surface area contributed by atoms with Gasteiger partial charge in [-0.15, -0.1) is 11.3 Å². The standard InChI is InChI=1S/C13H14N2O3S/c1-17-10-5-3-9(4-6-10)7-14-12-11(13(16)18-2)15-8-19-12/h3-6,8,14H,7H2,1-2H3. The maximum Gasteiger partial charge on any atom is 0.359 e. The van der Waals surface area contributed by atoms with E-state index in [1.54, 1.807) is 12.6 Å². The van der Waals surface area contributed by atoms with E-state index >= 15 is 0 Å². The highest BCUT2D eigenvalue weighted by Gasteiger charge is 2.14. The van der Waals surface area contributed by atoms with Crippen LogP contribution in [0.2, 0.25) is 0 Å². The number of benzene rings is 1. The Morgan fingerprint density at radius 1 is 1.32 bits per heavy atom. The molecule has 19 heavy (non-hydrogen) atoms. The molecule has 0 aliphatic carbocycles. The fourth-order valence-electron chi connectivity index (χ4n) is 1.54. The molecule has 6 heteroatoms. The molecule has 1 heterocycles. The lowest BCUT2D eigenvalue weighted by Gasteiger charge is -2.06. The zero-order valence-corrected chi connectivity index (χ0v) is 11.5. The third-order valence-electron chi connectivity index (χ3n) is 2.56. The van der Waals surface area contributed by atoms with Gasteiger partial charge in [-0.25, -0.2) is 9.78 Å². The molecule has 2 rings (SSSR count). The number of carbonyl (C=O) groups excluding carboxylic acids is 1. The van der Waals surface area contributed by atoms with E-state index in [9.17, 15) is 4.79 Å². The van der Waals surface area contributed by atoms with Crippen LogP contribution in [0.25, 0.3) is 0 Å². The van der Waals surface area contributed by atoms with E-state index in [4.69, 9.17) is 4.74 Å². The molecule has 5 nitrogen and oxygen atoms in total. The van der Waals surface area contributed by atoms with Crippen LogP contribution in [0.5, 0.6) is 5.75 Å². The first kappa shape index (κ1) is 13.4. The van der Waals surface area contributed by atoms with Gasteiger partial charge in [0, 0.05) is 6.54 Å². The molecular formula is C13H14N2O3S. The highest BCUT2D eigenvalue weighted by atomic mass is 32.1. The Morgan fingerprint density at radius 2 is 2.05 bits per heavy atom. The molecule has 1 N–H and O–H groups in total. The first-order chi connectivity index (χ1) is 9.24. The zero-order chi connectivity index (χ0) is 13.7. The Balaban J connectivity index is 2.02. The summed E-state index contributed by atoms with van der Waals surface area (Å²) in [4.78, 5) is 15.4. The van der Waals surface area contributed by atoms with Crippen molar-refractivity contribution in [3.63, 3.8) is 0 Å². The number of rotatable bonds is 5.